The van der Waals surface area contributed by atoms with Gasteiger partial charge in [0.2, 0.25) is 15.9 Å². The van der Waals surface area contributed by atoms with Gasteiger partial charge < -0.3 is 14.3 Å². The summed E-state index contributed by atoms with van der Waals surface area (Å²) in [5.41, 5.74) is 0.922. The fraction of sp³-hybridized carbons (Fsp3) is 0.0952. The van der Waals surface area contributed by atoms with Crippen LogP contribution in [-0.4, -0.2) is 14.3 Å². The van der Waals surface area contributed by atoms with Gasteiger partial charge in [0, 0.05) is 6.07 Å². The van der Waals surface area contributed by atoms with Crippen LogP contribution in [0.2, 0.25) is 0 Å². The van der Waals surface area contributed by atoms with E-state index in [0.717, 1.165) is 17.1 Å². The van der Waals surface area contributed by atoms with E-state index in [1.807, 2.05) is 54.6 Å². The van der Waals surface area contributed by atoms with Crippen molar-refractivity contribution in [1.82, 2.24) is 0 Å². The molecule has 8 heteroatoms. The van der Waals surface area contributed by atoms with E-state index in [-0.39, 0.29) is 11.0 Å². The first-order valence-corrected chi connectivity index (χ1v) is 10.4. The molecule has 3 aromatic rings. The van der Waals surface area contributed by atoms with Crippen molar-refractivity contribution >= 4 is 15.9 Å². The van der Waals surface area contributed by atoms with E-state index in [2.05, 4.69) is 5.16 Å². The lowest BCUT2D eigenvalue weighted by Crippen LogP contribution is -2.13. The Morgan fingerprint density at radius 3 is 2.28 bits per heavy atom. The van der Waals surface area contributed by atoms with Crippen LogP contribution < -0.4 is 14.6 Å². The van der Waals surface area contributed by atoms with E-state index < -0.39 is 10.0 Å². The molecule has 0 spiro atoms. The van der Waals surface area contributed by atoms with Crippen LogP contribution in [0.5, 0.6) is 17.2 Å². The topological polar surface area (TPSA) is 100 Å². The van der Waals surface area contributed by atoms with Gasteiger partial charge >= 0.3 is 0 Å². The average Bonchev–Trinajstić information content (AvgIpc) is 3.17. The Bertz CT molecular complexity index is 1130. The van der Waals surface area contributed by atoms with Crippen LogP contribution >= 0.6 is 0 Å². The lowest BCUT2D eigenvalue weighted by Gasteiger charge is -2.10. The molecule has 4 rings (SSSR count). The molecule has 1 atom stereocenters. The van der Waals surface area contributed by atoms with E-state index in [9.17, 15) is 8.42 Å². The molecule has 7 nitrogen and oxygen atoms in total. The normalized spacial score (nSPS) is 16.0. The number of oxime groups is 1. The minimum absolute atomic E-state index is 0.0277. The van der Waals surface area contributed by atoms with Crippen LogP contribution in [0.3, 0.4) is 0 Å². The molecule has 148 valence electrons. The highest BCUT2D eigenvalue weighted by atomic mass is 32.2. The van der Waals surface area contributed by atoms with Crippen molar-refractivity contribution in [2.24, 2.45) is 10.3 Å². The van der Waals surface area contributed by atoms with Crippen molar-refractivity contribution in [3.8, 4) is 17.2 Å². The lowest BCUT2D eigenvalue weighted by atomic mass is 10.1. The smallest absolute Gasteiger partial charge is 0.238 e. The number of rotatable bonds is 5. The number of para-hydroxylation sites is 1. The van der Waals surface area contributed by atoms with E-state index >= 15 is 0 Å². The summed E-state index contributed by atoms with van der Waals surface area (Å²) in [7, 11) is -3.80. The highest BCUT2D eigenvalue weighted by molar-refractivity contribution is 7.89. The van der Waals surface area contributed by atoms with Crippen molar-refractivity contribution < 1.29 is 22.7 Å². The second-order valence-corrected chi connectivity index (χ2v) is 7.95. The van der Waals surface area contributed by atoms with E-state index in [1.54, 1.807) is 12.1 Å². The second kappa shape index (κ2) is 7.94. The van der Waals surface area contributed by atoms with Crippen molar-refractivity contribution in [2.75, 3.05) is 0 Å². The minimum Gasteiger partial charge on any atom is -0.457 e. The van der Waals surface area contributed by atoms with E-state index in [0.29, 0.717) is 18.1 Å². The summed E-state index contributed by atoms with van der Waals surface area (Å²) in [4.78, 5) is 5.43. The molecule has 0 aromatic heterocycles. The molecule has 29 heavy (non-hydrogen) atoms. The Hall–Kier alpha value is -3.36. The predicted octanol–water partition coefficient (Wildman–Crippen LogP) is 3.98. The third kappa shape index (κ3) is 4.74. The maximum atomic E-state index is 11.5. The molecule has 1 heterocycles. The fourth-order valence-electron chi connectivity index (χ4n) is 2.82. The van der Waals surface area contributed by atoms with Crippen molar-refractivity contribution in [2.45, 2.75) is 17.4 Å². The van der Waals surface area contributed by atoms with Crippen molar-refractivity contribution in [3.05, 3.63) is 84.4 Å². The van der Waals surface area contributed by atoms with Crippen molar-refractivity contribution in [1.29, 1.82) is 0 Å². The zero-order chi connectivity index (χ0) is 20.3. The van der Waals surface area contributed by atoms with Gasteiger partial charge in [0.15, 0.2) is 6.10 Å². The highest BCUT2D eigenvalue weighted by Crippen LogP contribution is 2.30. The zero-order valence-corrected chi connectivity index (χ0v) is 16.1. The molecule has 1 aliphatic heterocycles. The predicted molar refractivity (Wildman–Crippen MR) is 107 cm³/mol. The lowest BCUT2D eigenvalue weighted by molar-refractivity contribution is 0.0855. The molecule has 0 aliphatic carbocycles. The van der Waals surface area contributed by atoms with Crippen LogP contribution in [0, 0.1) is 0 Å². The largest absolute Gasteiger partial charge is 0.457 e. The number of nitrogens with two attached hydrogens (primary N) is 1. The first-order valence-electron chi connectivity index (χ1n) is 8.84. The molecule has 0 radical (unpaired) electrons. The summed E-state index contributed by atoms with van der Waals surface area (Å²) < 4.78 is 34.3. The summed E-state index contributed by atoms with van der Waals surface area (Å²) in [6.07, 6.45) is 0.121. The Balaban J connectivity index is 1.38. The van der Waals surface area contributed by atoms with Crippen LogP contribution in [0.25, 0.3) is 0 Å². The Morgan fingerprint density at radius 1 is 0.862 bits per heavy atom. The highest BCUT2D eigenvalue weighted by Gasteiger charge is 2.25. The Labute approximate surface area is 168 Å². The molecule has 0 bridgehead atoms. The molecule has 1 aliphatic rings. The Morgan fingerprint density at radius 2 is 1.55 bits per heavy atom. The number of primary sulfonamides is 1. The SMILES string of the molecule is NS(=O)(=O)c1cccc(OC2=NO[C@@H](c3ccc(Oc4ccccc4)cc3)C2)c1. The van der Waals surface area contributed by atoms with Crippen LogP contribution in [-0.2, 0) is 14.9 Å². The fourth-order valence-corrected chi connectivity index (χ4v) is 3.37. The van der Waals surface area contributed by atoms with Gasteiger partial charge in [-0.05, 0) is 42.0 Å². The first kappa shape index (κ1) is 19.0. The summed E-state index contributed by atoms with van der Waals surface area (Å²) in [6.45, 7) is 0. The monoisotopic (exact) mass is 410 g/mol. The quantitative estimate of drug-likeness (QED) is 0.686. The average molecular weight is 410 g/mol. The number of hydrogen-bond acceptors (Lipinski definition) is 6. The number of nitrogens with zero attached hydrogens (tertiary/aromatic N) is 1. The summed E-state index contributed by atoms with van der Waals surface area (Å²) in [6, 6.07) is 23.0. The standard InChI is InChI=1S/C21H18N2O5S/c22-29(24,25)19-8-4-7-18(13-19)27-21-14-20(28-23-21)15-9-11-17(12-10-15)26-16-5-2-1-3-6-16/h1-13,20H,14H2,(H2,22,24,25)/t20-/m1/s1. The number of sulfonamides is 1. The zero-order valence-electron chi connectivity index (χ0n) is 15.3. The third-order valence-corrected chi connectivity index (χ3v) is 5.15. The maximum absolute atomic E-state index is 11.5. The van der Waals surface area contributed by atoms with Gasteiger partial charge in [-0.1, -0.05) is 41.6 Å². The maximum Gasteiger partial charge on any atom is 0.238 e. The number of ether oxygens (including phenoxy) is 2. The second-order valence-electron chi connectivity index (χ2n) is 6.39. The van der Waals surface area contributed by atoms with E-state index in [4.69, 9.17) is 19.5 Å². The number of benzene rings is 3. The molecule has 0 saturated carbocycles. The van der Waals surface area contributed by atoms with Gasteiger partial charge in [0.1, 0.15) is 17.2 Å². The van der Waals surface area contributed by atoms with Crippen molar-refractivity contribution in [3.63, 3.8) is 0 Å². The molecule has 2 N–H and O–H groups in total. The summed E-state index contributed by atoms with van der Waals surface area (Å²) >= 11 is 0. The molecule has 0 amide bonds. The molecule has 0 unspecified atom stereocenters. The van der Waals surface area contributed by atoms with Gasteiger partial charge in [0.05, 0.1) is 11.3 Å². The van der Waals surface area contributed by atoms with Gasteiger partial charge in [-0.2, -0.15) is 0 Å². The first-order chi connectivity index (χ1) is 14.0. The molecule has 0 saturated heterocycles. The van der Waals surface area contributed by atoms with Gasteiger partial charge in [-0.3, -0.25) is 0 Å². The molecular weight excluding hydrogens is 392 g/mol. The number of hydrogen-bond donors (Lipinski definition) is 1. The summed E-state index contributed by atoms with van der Waals surface area (Å²) in [5, 5.41) is 9.10. The molecule has 0 fully saturated rings. The van der Waals surface area contributed by atoms with Gasteiger partial charge in [0.25, 0.3) is 0 Å². The Kier molecular flexibility index (Phi) is 5.20. The van der Waals surface area contributed by atoms with Gasteiger partial charge in [-0.25, -0.2) is 13.6 Å². The third-order valence-electron chi connectivity index (χ3n) is 4.24. The van der Waals surface area contributed by atoms with Gasteiger partial charge in [-0.15, -0.1) is 0 Å². The van der Waals surface area contributed by atoms with Crippen LogP contribution in [0.1, 0.15) is 18.1 Å². The molecule has 3 aromatic carbocycles. The molecular formula is C21H18N2O5S. The van der Waals surface area contributed by atoms with Crippen LogP contribution in [0.4, 0.5) is 0 Å². The van der Waals surface area contributed by atoms with Crippen LogP contribution in [0.15, 0.2) is 88.9 Å². The van der Waals surface area contributed by atoms with E-state index in [1.165, 1.54) is 12.1 Å². The minimum atomic E-state index is -3.80. The summed E-state index contributed by atoms with van der Waals surface area (Å²) in [5.74, 6) is 2.16.